The molecule has 0 aromatic heterocycles. The summed E-state index contributed by atoms with van der Waals surface area (Å²) in [6.45, 7) is 5.15. The Labute approximate surface area is 104 Å². The maximum atomic E-state index is 5.33. The lowest BCUT2D eigenvalue weighted by molar-refractivity contribution is 0.243. The molecule has 1 N–H and O–H groups in total. The number of likely N-dealkylation sites (tertiary alicyclic amines) is 1. The quantitative estimate of drug-likeness (QED) is 0.800. The molecule has 2 nitrogen and oxygen atoms in total. The number of nitrogens with zero attached hydrogens (tertiary/aromatic N) is 1. The second-order valence-corrected chi connectivity index (χ2v) is 4.71. The van der Waals surface area contributed by atoms with Gasteiger partial charge in [-0.15, -0.1) is 6.42 Å². The van der Waals surface area contributed by atoms with Gasteiger partial charge in [0.1, 0.15) is 0 Å². The molecule has 1 aromatic carbocycles. The third-order valence-electron chi connectivity index (χ3n) is 3.41. The van der Waals surface area contributed by atoms with Crippen LogP contribution in [0.15, 0.2) is 24.3 Å². The number of nitrogens with one attached hydrogen (secondary N) is 1. The number of benzene rings is 1. The highest BCUT2D eigenvalue weighted by molar-refractivity contribution is 5.50. The molecule has 0 aliphatic carbocycles. The van der Waals surface area contributed by atoms with Crippen LogP contribution in [-0.2, 0) is 0 Å². The average Bonchev–Trinajstić information content (AvgIpc) is 2.35. The van der Waals surface area contributed by atoms with E-state index in [0.717, 1.165) is 19.6 Å². The van der Waals surface area contributed by atoms with Gasteiger partial charge in [-0.1, -0.05) is 24.1 Å². The van der Waals surface area contributed by atoms with Crippen molar-refractivity contribution in [3.05, 3.63) is 29.8 Å². The molecule has 1 heterocycles. The van der Waals surface area contributed by atoms with Crippen LogP contribution in [-0.4, -0.2) is 30.6 Å². The fourth-order valence-electron chi connectivity index (χ4n) is 2.32. The molecule has 0 spiro atoms. The van der Waals surface area contributed by atoms with Crippen LogP contribution in [0.3, 0.4) is 0 Å². The Balaban J connectivity index is 1.86. The highest BCUT2D eigenvalue weighted by Gasteiger charge is 2.18. The molecular weight excluding hydrogens is 208 g/mol. The van der Waals surface area contributed by atoms with Crippen molar-refractivity contribution >= 4 is 5.69 Å². The Morgan fingerprint density at radius 3 is 2.71 bits per heavy atom. The topological polar surface area (TPSA) is 15.3 Å². The number of terminal acetylenes is 1. The number of para-hydroxylation sites is 1. The molecule has 2 heteroatoms. The van der Waals surface area contributed by atoms with Crippen molar-refractivity contribution in [3.8, 4) is 12.3 Å². The van der Waals surface area contributed by atoms with E-state index in [-0.39, 0.29) is 0 Å². The van der Waals surface area contributed by atoms with E-state index < -0.39 is 0 Å². The minimum atomic E-state index is 0.588. The molecule has 1 aliphatic rings. The van der Waals surface area contributed by atoms with Crippen molar-refractivity contribution in [3.63, 3.8) is 0 Å². The molecule has 0 radical (unpaired) electrons. The van der Waals surface area contributed by atoms with Crippen molar-refractivity contribution < 1.29 is 0 Å². The lowest BCUT2D eigenvalue weighted by Crippen LogP contribution is -2.39. The average molecular weight is 228 g/mol. The lowest BCUT2D eigenvalue weighted by atomic mass is 10.0. The number of aryl methyl sites for hydroxylation is 1. The van der Waals surface area contributed by atoms with Gasteiger partial charge in [-0.25, -0.2) is 0 Å². The zero-order valence-corrected chi connectivity index (χ0v) is 10.4. The van der Waals surface area contributed by atoms with Gasteiger partial charge in [-0.3, -0.25) is 4.90 Å². The predicted molar refractivity (Wildman–Crippen MR) is 73.1 cm³/mol. The van der Waals surface area contributed by atoms with Crippen LogP contribution in [0, 0.1) is 19.3 Å². The zero-order chi connectivity index (χ0) is 12.1. The molecule has 1 saturated heterocycles. The Bertz CT molecular complexity index is 398. The summed E-state index contributed by atoms with van der Waals surface area (Å²) in [4.78, 5) is 2.34. The molecule has 17 heavy (non-hydrogen) atoms. The number of rotatable bonds is 3. The van der Waals surface area contributed by atoms with E-state index in [1.807, 2.05) is 0 Å². The Morgan fingerprint density at radius 2 is 2.06 bits per heavy atom. The van der Waals surface area contributed by atoms with Gasteiger partial charge in [0, 0.05) is 24.8 Å². The summed E-state index contributed by atoms with van der Waals surface area (Å²) in [7, 11) is 0. The molecule has 2 rings (SSSR count). The van der Waals surface area contributed by atoms with Crippen molar-refractivity contribution in [2.75, 3.05) is 25.0 Å². The van der Waals surface area contributed by atoms with Crippen molar-refractivity contribution in [2.24, 2.45) is 0 Å². The lowest BCUT2D eigenvalue weighted by Gasteiger charge is -2.32. The van der Waals surface area contributed by atoms with E-state index >= 15 is 0 Å². The van der Waals surface area contributed by atoms with Gasteiger partial charge in [0.25, 0.3) is 0 Å². The normalized spacial score (nSPS) is 17.6. The second-order valence-electron chi connectivity index (χ2n) is 4.71. The van der Waals surface area contributed by atoms with Gasteiger partial charge in [0.2, 0.25) is 0 Å². The summed E-state index contributed by atoms with van der Waals surface area (Å²) in [6, 6.07) is 9.06. The van der Waals surface area contributed by atoms with Crippen LogP contribution in [0.25, 0.3) is 0 Å². The summed E-state index contributed by atoms with van der Waals surface area (Å²) in [5, 5.41) is 3.63. The third-order valence-corrected chi connectivity index (χ3v) is 3.41. The van der Waals surface area contributed by atoms with E-state index in [2.05, 4.69) is 47.3 Å². The first-order valence-corrected chi connectivity index (χ1v) is 6.27. The highest BCUT2D eigenvalue weighted by Crippen LogP contribution is 2.19. The van der Waals surface area contributed by atoms with Crippen LogP contribution in [0.1, 0.15) is 18.4 Å². The first-order valence-electron chi connectivity index (χ1n) is 6.27. The van der Waals surface area contributed by atoms with Crippen molar-refractivity contribution in [2.45, 2.75) is 25.8 Å². The molecule has 1 fully saturated rings. The molecule has 0 unspecified atom stereocenters. The molecule has 1 aliphatic heterocycles. The monoisotopic (exact) mass is 228 g/mol. The number of hydrogen-bond donors (Lipinski definition) is 1. The first kappa shape index (κ1) is 12.0. The molecule has 0 saturated carbocycles. The van der Waals surface area contributed by atoms with E-state index in [1.165, 1.54) is 24.1 Å². The third kappa shape index (κ3) is 3.25. The molecular formula is C15H20N2. The van der Waals surface area contributed by atoms with Gasteiger partial charge in [0.15, 0.2) is 0 Å². The van der Waals surface area contributed by atoms with Crippen LogP contribution in [0.2, 0.25) is 0 Å². The molecule has 0 bridgehead atoms. The standard InChI is InChI=1S/C15H20N2/c1-3-10-17-11-8-14(9-12-17)16-15-7-5-4-6-13(15)2/h1,4-7,14,16H,8-12H2,2H3. The molecule has 1 aromatic rings. The fourth-order valence-corrected chi connectivity index (χ4v) is 2.32. The zero-order valence-electron chi connectivity index (χ0n) is 10.4. The first-order chi connectivity index (χ1) is 8.29. The smallest absolute Gasteiger partial charge is 0.0598 e. The summed E-state index contributed by atoms with van der Waals surface area (Å²) in [6.07, 6.45) is 7.68. The van der Waals surface area contributed by atoms with Crippen LogP contribution in [0.5, 0.6) is 0 Å². The van der Waals surface area contributed by atoms with Gasteiger partial charge < -0.3 is 5.32 Å². The molecule has 0 atom stereocenters. The van der Waals surface area contributed by atoms with Crippen LogP contribution in [0.4, 0.5) is 5.69 Å². The number of anilines is 1. The van der Waals surface area contributed by atoms with Crippen molar-refractivity contribution in [1.82, 2.24) is 4.90 Å². The number of hydrogen-bond acceptors (Lipinski definition) is 2. The van der Waals surface area contributed by atoms with Crippen LogP contribution < -0.4 is 5.32 Å². The van der Waals surface area contributed by atoms with Gasteiger partial charge in [0.05, 0.1) is 6.54 Å². The van der Waals surface area contributed by atoms with Crippen molar-refractivity contribution in [1.29, 1.82) is 0 Å². The van der Waals surface area contributed by atoms with E-state index in [0.29, 0.717) is 6.04 Å². The summed E-state index contributed by atoms with van der Waals surface area (Å²) in [5.74, 6) is 2.72. The maximum absolute atomic E-state index is 5.33. The number of piperidine rings is 1. The predicted octanol–water partition coefficient (Wildman–Crippen LogP) is 2.50. The Kier molecular flexibility index (Phi) is 4.06. The van der Waals surface area contributed by atoms with E-state index in [1.54, 1.807) is 0 Å². The van der Waals surface area contributed by atoms with Gasteiger partial charge in [-0.2, -0.15) is 0 Å². The summed E-state index contributed by atoms with van der Waals surface area (Å²) >= 11 is 0. The molecule has 90 valence electrons. The maximum Gasteiger partial charge on any atom is 0.0598 e. The minimum absolute atomic E-state index is 0.588. The Morgan fingerprint density at radius 1 is 1.35 bits per heavy atom. The SMILES string of the molecule is C#CCN1CCC(Nc2ccccc2C)CC1. The van der Waals surface area contributed by atoms with Gasteiger partial charge in [-0.05, 0) is 31.4 Å². The summed E-state index contributed by atoms with van der Waals surface area (Å²) < 4.78 is 0. The fraction of sp³-hybridized carbons (Fsp3) is 0.467. The largest absolute Gasteiger partial charge is 0.382 e. The Hall–Kier alpha value is -1.46. The van der Waals surface area contributed by atoms with E-state index in [4.69, 9.17) is 6.42 Å². The van der Waals surface area contributed by atoms with Gasteiger partial charge >= 0.3 is 0 Å². The summed E-state index contributed by atoms with van der Waals surface area (Å²) in [5.41, 5.74) is 2.58. The highest BCUT2D eigenvalue weighted by atomic mass is 15.1. The van der Waals surface area contributed by atoms with Crippen LogP contribution >= 0.6 is 0 Å². The second kappa shape index (κ2) is 5.75. The minimum Gasteiger partial charge on any atom is -0.382 e. The van der Waals surface area contributed by atoms with E-state index in [9.17, 15) is 0 Å². The molecule has 0 amide bonds.